The number of halogens is 2. The van der Waals surface area contributed by atoms with Gasteiger partial charge in [-0.1, -0.05) is 54.2 Å². The van der Waals surface area contributed by atoms with Gasteiger partial charge in [0.25, 0.3) is 0 Å². The Labute approximate surface area is 249 Å². The second kappa shape index (κ2) is 10.4. The molecule has 0 aromatic heterocycles. The Morgan fingerprint density at radius 2 is 1.22 bits per heavy atom. The molecule has 3 aromatic rings. The van der Waals surface area contributed by atoms with E-state index in [-0.39, 0.29) is 21.5 Å². The average molecular weight is 596 g/mol. The van der Waals surface area contributed by atoms with Crippen molar-refractivity contribution in [1.29, 1.82) is 0 Å². The first-order valence-electron chi connectivity index (χ1n) is 14.4. The summed E-state index contributed by atoms with van der Waals surface area (Å²) in [7, 11) is 0. The summed E-state index contributed by atoms with van der Waals surface area (Å²) in [6, 6.07) is 10.6. The number of aromatic hydroxyl groups is 2. The van der Waals surface area contributed by atoms with Crippen molar-refractivity contribution in [3.8, 4) is 23.0 Å². The molecular formula is C32H32Cl2N2O5. The molecule has 3 aromatic carbocycles. The number of ether oxygens (including phenoxy) is 2. The molecule has 4 aliphatic rings. The first kappa shape index (κ1) is 26.9. The summed E-state index contributed by atoms with van der Waals surface area (Å²) in [5.41, 5.74) is 1.81. The van der Waals surface area contributed by atoms with Crippen LogP contribution in [0.1, 0.15) is 76.7 Å². The zero-order chi connectivity index (χ0) is 28.3. The average Bonchev–Trinajstić information content (AvgIpc) is 3.29. The second-order valence-electron chi connectivity index (χ2n) is 11.5. The predicted octanol–water partition coefficient (Wildman–Crippen LogP) is 6.94. The third kappa shape index (κ3) is 4.28. The lowest BCUT2D eigenvalue weighted by molar-refractivity contribution is 0.0221. The Bertz CT molecular complexity index is 1460. The number of carbonyl (C=O) groups is 1. The zero-order valence-electron chi connectivity index (χ0n) is 22.7. The van der Waals surface area contributed by atoms with E-state index in [1.54, 1.807) is 24.3 Å². The molecule has 2 saturated heterocycles. The molecule has 2 N–H and O–H groups in total. The highest BCUT2D eigenvalue weighted by Gasteiger charge is 2.55. The Morgan fingerprint density at radius 3 is 1.73 bits per heavy atom. The summed E-state index contributed by atoms with van der Waals surface area (Å²) in [5.74, 6) is 0.223. The van der Waals surface area contributed by atoms with Crippen molar-refractivity contribution in [1.82, 2.24) is 9.80 Å². The van der Waals surface area contributed by atoms with Crippen LogP contribution in [-0.2, 0) is 23.4 Å². The first-order chi connectivity index (χ1) is 19.9. The smallest absolute Gasteiger partial charge is 0.340 e. The van der Waals surface area contributed by atoms with Gasteiger partial charge in [0.2, 0.25) is 0 Å². The Kier molecular flexibility index (Phi) is 6.81. The van der Waals surface area contributed by atoms with Gasteiger partial charge >= 0.3 is 5.97 Å². The number of phenolic OH excluding ortho intramolecular Hbond substituents is 2. The number of piperidine rings is 2. The molecule has 0 radical (unpaired) electrons. The summed E-state index contributed by atoms with van der Waals surface area (Å²) in [6.07, 6.45) is 6.66. The van der Waals surface area contributed by atoms with Crippen molar-refractivity contribution in [2.45, 2.75) is 57.2 Å². The van der Waals surface area contributed by atoms with Crippen molar-refractivity contribution in [3.05, 3.63) is 79.8 Å². The summed E-state index contributed by atoms with van der Waals surface area (Å²) in [5, 5.41) is 22.9. The number of rotatable bonds is 4. The molecule has 4 aliphatic heterocycles. The quantitative estimate of drug-likeness (QED) is 0.316. The molecule has 2 fully saturated rings. The van der Waals surface area contributed by atoms with E-state index in [1.807, 2.05) is 12.1 Å². The van der Waals surface area contributed by atoms with E-state index in [9.17, 15) is 15.0 Å². The first-order valence-corrected chi connectivity index (χ1v) is 15.2. The van der Waals surface area contributed by atoms with Gasteiger partial charge in [-0.15, -0.1) is 0 Å². The number of hydrogen-bond acceptors (Lipinski definition) is 7. The standard InChI is InChI=1S/C32H32Cl2N2O5/c33-25-15-23-29(20(27(25)37)17-35-11-5-1-6-12-35)40-30-21(18-36-13-7-2-8-14-36)28(38)26(34)16-24(30)32(23)22-10-4-3-9-19(22)31(39)41-32/h3-4,9-10,15-16,37-38H,1-2,5-8,11-14,17-18H2. The molecule has 9 heteroatoms. The van der Waals surface area contributed by atoms with Crippen LogP contribution in [0, 0.1) is 0 Å². The monoisotopic (exact) mass is 594 g/mol. The molecule has 41 heavy (non-hydrogen) atoms. The lowest BCUT2D eigenvalue weighted by Gasteiger charge is -2.40. The van der Waals surface area contributed by atoms with Crippen LogP contribution >= 0.6 is 23.2 Å². The fourth-order valence-electron chi connectivity index (χ4n) is 6.95. The molecule has 0 amide bonds. The molecule has 0 unspecified atom stereocenters. The van der Waals surface area contributed by atoms with Crippen molar-refractivity contribution in [2.75, 3.05) is 26.2 Å². The SMILES string of the molecule is O=C1OC2(c3ccccc31)c1cc(Cl)c(O)c(CN3CCCCC3)c1Oc1c2cc(Cl)c(O)c1CN1CCCCC1. The van der Waals surface area contributed by atoms with Crippen LogP contribution in [-0.4, -0.2) is 52.2 Å². The van der Waals surface area contributed by atoms with Crippen molar-refractivity contribution >= 4 is 29.2 Å². The zero-order valence-corrected chi connectivity index (χ0v) is 24.2. The van der Waals surface area contributed by atoms with Crippen molar-refractivity contribution < 1.29 is 24.5 Å². The van der Waals surface area contributed by atoms with Gasteiger partial charge in [0.05, 0.1) is 26.7 Å². The summed E-state index contributed by atoms with van der Waals surface area (Å²) in [4.78, 5) is 18.0. The highest BCUT2D eigenvalue weighted by Crippen LogP contribution is 2.61. The largest absolute Gasteiger partial charge is 0.506 e. The summed E-state index contributed by atoms with van der Waals surface area (Å²) < 4.78 is 13.1. The minimum Gasteiger partial charge on any atom is -0.506 e. The van der Waals surface area contributed by atoms with E-state index in [1.165, 1.54) is 12.8 Å². The van der Waals surface area contributed by atoms with Crippen LogP contribution < -0.4 is 4.74 Å². The molecule has 0 saturated carbocycles. The van der Waals surface area contributed by atoms with E-state index < -0.39 is 11.6 Å². The molecule has 0 aliphatic carbocycles. The number of hydrogen-bond donors (Lipinski definition) is 2. The maximum absolute atomic E-state index is 13.4. The van der Waals surface area contributed by atoms with Gasteiger partial charge in [-0.3, -0.25) is 9.80 Å². The maximum Gasteiger partial charge on any atom is 0.340 e. The molecule has 7 nitrogen and oxygen atoms in total. The number of likely N-dealkylation sites (tertiary alicyclic amines) is 2. The normalized spacial score (nSPS) is 19.8. The van der Waals surface area contributed by atoms with Crippen LogP contribution in [0.4, 0.5) is 0 Å². The summed E-state index contributed by atoms with van der Waals surface area (Å²) in [6.45, 7) is 4.45. The van der Waals surface area contributed by atoms with E-state index in [2.05, 4.69) is 9.80 Å². The fraction of sp³-hybridized carbons (Fsp3) is 0.406. The number of fused-ring (bicyclic) bond motifs is 6. The van der Waals surface area contributed by atoms with Gasteiger partial charge in [-0.2, -0.15) is 0 Å². The predicted molar refractivity (Wildman–Crippen MR) is 156 cm³/mol. The van der Waals surface area contributed by atoms with Crippen LogP contribution in [0.5, 0.6) is 23.0 Å². The lowest BCUT2D eigenvalue weighted by atomic mass is 9.76. The number of carbonyl (C=O) groups excluding carboxylic acids is 1. The van der Waals surface area contributed by atoms with Crippen LogP contribution in [0.25, 0.3) is 0 Å². The van der Waals surface area contributed by atoms with Crippen LogP contribution in [0.15, 0.2) is 36.4 Å². The lowest BCUT2D eigenvalue weighted by Crippen LogP contribution is -2.35. The molecule has 7 rings (SSSR count). The van der Waals surface area contributed by atoms with Crippen molar-refractivity contribution in [3.63, 3.8) is 0 Å². The van der Waals surface area contributed by atoms with Gasteiger partial charge in [0.15, 0.2) is 5.60 Å². The number of nitrogens with zero attached hydrogens (tertiary/aromatic N) is 2. The second-order valence-corrected chi connectivity index (χ2v) is 12.3. The Hall–Kier alpha value is -2.97. The van der Waals surface area contributed by atoms with Gasteiger partial charge in [0.1, 0.15) is 23.0 Å². The van der Waals surface area contributed by atoms with E-state index >= 15 is 0 Å². The minimum absolute atomic E-state index is 0.0528. The number of phenols is 2. The molecule has 0 bridgehead atoms. The molecular weight excluding hydrogens is 563 g/mol. The molecule has 1 spiro atoms. The molecule has 4 heterocycles. The summed E-state index contributed by atoms with van der Waals surface area (Å²) >= 11 is 13.4. The van der Waals surface area contributed by atoms with Crippen molar-refractivity contribution in [2.24, 2.45) is 0 Å². The topological polar surface area (TPSA) is 82.5 Å². The Balaban J connectivity index is 1.49. The van der Waals surface area contributed by atoms with E-state index in [0.29, 0.717) is 58.0 Å². The molecule has 214 valence electrons. The van der Waals surface area contributed by atoms with Crippen LogP contribution in [0.3, 0.4) is 0 Å². The van der Waals surface area contributed by atoms with E-state index in [0.717, 1.165) is 51.9 Å². The third-order valence-corrected chi connectivity index (χ3v) is 9.58. The number of benzene rings is 3. The van der Waals surface area contributed by atoms with E-state index in [4.69, 9.17) is 32.7 Å². The minimum atomic E-state index is -1.42. The maximum atomic E-state index is 13.4. The fourth-order valence-corrected chi connectivity index (χ4v) is 7.39. The Morgan fingerprint density at radius 1 is 0.732 bits per heavy atom. The van der Waals surface area contributed by atoms with Crippen LogP contribution in [0.2, 0.25) is 10.0 Å². The highest BCUT2D eigenvalue weighted by molar-refractivity contribution is 6.32. The number of esters is 1. The third-order valence-electron chi connectivity index (χ3n) is 9.00. The van der Waals surface area contributed by atoms with Gasteiger partial charge in [-0.25, -0.2) is 4.79 Å². The van der Waals surface area contributed by atoms with Gasteiger partial charge < -0.3 is 19.7 Å². The highest BCUT2D eigenvalue weighted by atomic mass is 35.5. The molecule has 0 atom stereocenters. The van der Waals surface area contributed by atoms with Gasteiger partial charge in [-0.05, 0) is 70.1 Å². The van der Waals surface area contributed by atoms with Gasteiger partial charge in [0, 0.05) is 29.8 Å².